The summed E-state index contributed by atoms with van der Waals surface area (Å²) in [6.07, 6.45) is 0. The molecule has 0 aliphatic carbocycles. The van der Waals surface area contributed by atoms with Crippen molar-refractivity contribution < 1.29 is 4.79 Å². The number of fused-ring (bicyclic) bond motifs is 2. The molecule has 5 aromatic rings. The Hall–Kier alpha value is -3.28. The van der Waals surface area contributed by atoms with E-state index in [-0.39, 0.29) is 5.91 Å². The van der Waals surface area contributed by atoms with Gasteiger partial charge in [-0.05, 0) is 49.4 Å². The van der Waals surface area contributed by atoms with Gasteiger partial charge in [-0.25, -0.2) is 9.97 Å². The Morgan fingerprint density at radius 1 is 0.933 bits per heavy atom. The molecular formula is C24H16ClN3OS. The lowest BCUT2D eigenvalue weighted by molar-refractivity contribution is 0.102. The Morgan fingerprint density at radius 2 is 1.73 bits per heavy atom. The normalized spacial score (nSPS) is 11.1. The maximum Gasteiger partial charge on any atom is 0.256 e. The number of amides is 1. The van der Waals surface area contributed by atoms with Gasteiger partial charge in [0.05, 0.1) is 32.0 Å². The molecule has 30 heavy (non-hydrogen) atoms. The molecule has 6 heteroatoms. The first-order valence-electron chi connectivity index (χ1n) is 9.41. The maximum absolute atomic E-state index is 13.2. The lowest BCUT2D eigenvalue weighted by atomic mass is 10.0. The summed E-state index contributed by atoms with van der Waals surface area (Å²) in [6.45, 7) is 1.98. The van der Waals surface area contributed by atoms with Crippen LogP contribution in [0.5, 0.6) is 0 Å². The number of rotatable bonds is 3. The van der Waals surface area contributed by atoms with Crippen molar-refractivity contribution in [2.45, 2.75) is 6.92 Å². The van der Waals surface area contributed by atoms with Crippen molar-refractivity contribution in [3.05, 3.63) is 88.4 Å². The summed E-state index contributed by atoms with van der Waals surface area (Å²) in [5, 5.41) is 5.50. The fourth-order valence-electron chi connectivity index (χ4n) is 3.45. The average molecular weight is 430 g/mol. The minimum absolute atomic E-state index is 0.176. The summed E-state index contributed by atoms with van der Waals surface area (Å²) in [6, 6.07) is 22.7. The van der Waals surface area contributed by atoms with Crippen LogP contribution < -0.4 is 5.32 Å². The molecule has 2 heterocycles. The van der Waals surface area contributed by atoms with Gasteiger partial charge in [-0.15, -0.1) is 11.3 Å². The van der Waals surface area contributed by atoms with E-state index in [0.29, 0.717) is 10.6 Å². The molecule has 5 rings (SSSR count). The van der Waals surface area contributed by atoms with E-state index >= 15 is 0 Å². The third-order valence-corrected chi connectivity index (χ3v) is 6.04. The van der Waals surface area contributed by atoms with Crippen LogP contribution in [0.1, 0.15) is 15.4 Å². The number of anilines is 1. The highest BCUT2D eigenvalue weighted by Crippen LogP contribution is 2.28. The monoisotopic (exact) mass is 429 g/mol. The van der Waals surface area contributed by atoms with Gasteiger partial charge in [-0.2, -0.15) is 0 Å². The van der Waals surface area contributed by atoms with Crippen molar-refractivity contribution in [2.75, 3.05) is 5.32 Å². The van der Waals surface area contributed by atoms with E-state index in [1.807, 2.05) is 79.7 Å². The molecule has 0 spiro atoms. The number of thiazole rings is 1. The fraction of sp³-hybridized carbons (Fsp3) is 0.0417. The first-order valence-corrected chi connectivity index (χ1v) is 10.6. The summed E-state index contributed by atoms with van der Waals surface area (Å²) in [7, 11) is 0. The molecule has 0 saturated carbocycles. The summed E-state index contributed by atoms with van der Waals surface area (Å²) in [5.41, 5.74) is 4.65. The summed E-state index contributed by atoms with van der Waals surface area (Å²) in [5.74, 6) is -0.176. The van der Waals surface area contributed by atoms with Crippen molar-refractivity contribution in [1.82, 2.24) is 9.97 Å². The van der Waals surface area contributed by atoms with Crippen LogP contribution in [0.3, 0.4) is 0 Å². The van der Waals surface area contributed by atoms with Crippen LogP contribution in [0, 0.1) is 6.92 Å². The van der Waals surface area contributed by atoms with Gasteiger partial charge < -0.3 is 5.32 Å². The number of halogens is 1. The molecule has 1 amide bonds. The highest BCUT2D eigenvalue weighted by molar-refractivity contribution is 7.18. The molecule has 146 valence electrons. The van der Waals surface area contributed by atoms with Crippen LogP contribution in [-0.2, 0) is 0 Å². The van der Waals surface area contributed by atoms with Crippen molar-refractivity contribution in [3.8, 4) is 11.3 Å². The van der Waals surface area contributed by atoms with Crippen molar-refractivity contribution >= 4 is 55.7 Å². The third-order valence-electron chi connectivity index (χ3n) is 4.85. The van der Waals surface area contributed by atoms with Crippen LogP contribution >= 0.6 is 22.9 Å². The Labute approximate surface area is 182 Å². The molecule has 0 aliphatic heterocycles. The lowest BCUT2D eigenvalue weighted by Gasteiger charge is -2.11. The van der Waals surface area contributed by atoms with E-state index in [0.717, 1.165) is 43.1 Å². The second-order valence-electron chi connectivity index (χ2n) is 6.95. The van der Waals surface area contributed by atoms with Crippen molar-refractivity contribution in [1.29, 1.82) is 0 Å². The molecule has 1 N–H and O–H groups in total. The van der Waals surface area contributed by atoms with Crippen molar-refractivity contribution in [3.63, 3.8) is 0 Å². The largest absolute Gasteiger partial charge is 0.322 e. The number of nitrogens with zero attached hydrogens (tertiary/aromatic N) is 2. The molecule has 2 aromatic heterocycles. The van der Waals surface area contributed by atoms with E-state index in [4.69, 9.17) is 16.6 Å². The molecule has 0 unspecified atom stereocenters. The summed E-state index contributed by atoms with van der Waals surface area (Å²) < 4.78 is 1.05. The van der Waals surface area contributed by atoms with Crippen LogP contribution in [-0.4, -0.2) is 15.9 Å². The number of benzene rings is 3. The van der Waals surface area contributed by atoms with Gasteiger partial charge in [0.15, 0.2) is 0 Å². The number of para-hydroxylation sites is 1. The molecule has 0 aliphatic rings. The van der Waals surface area contributed by atoms with Gasteiger partial charge in [0.2, 0.25) is 0 Å². The van der Waals surface area contributed by atoms with Gasteiger partial charge >= 0.3 is 0 Å². The quantitative estimate of drug-likeness (QED) is 0.346. The topological polar surface area (TPSA) is 54.9 Å². The van der Waals surface area contributed by atoms with E-state index in [1.54, 1.807) is 11.3 Å². The lowest BCUT2D eigenvalue weighted by Crippen LogP contribution is -2.13. The zero-order chi connectivity index (χ0) is 20.7. The van der Waals surface area contributed by atoms with Crippen molar-refractivity contribution in [2.24, 2.45) is 0 Å². The van der Waals surface area contributed by atoms with E-state index in [2.05, 4.69) is 10.3 Å². The number of carbonyl (C=O) groups is 1. The number of nitrogens with one attached hydrogen (secondary N) is 1. The number of carbonyl (C=O) groups excluding carboxylic acids is 1. The SMILES string of the molecule is Cc1nc2ccc(NC(=O)c3cc(-c4ccc(Cl)cc4)nc4ccccc34)cc2s1. The first-order chi connectivity index (χ1) is 14.6. The molecular weight excluding hydrogens is 414 g/mol. The van der Waals surface area contributed by atoms with Crippen LogP contribution in [0.4, 0.5) is 5.69 Å². The van der Waals surface area contributed by atoms with Gasteiger partial charge in [-0.3, -0.25) is 4.79 Å². The number of aromatic nitrogens is 2. The number of hydrogen-bond donors (Lipinski definition) is 1. The molecule has 4 nitrogen and oxygen atoms in total. The van der Waals surface area contributed by atoms with Gasteiger partial charge in [0.1, 0.15) is 0 Å². The molecule has 0 atom stereocenters. The molecule has 0 radical (unpaired) electrons. The maximum atomic E-state index is 13.2. The second-order valence-corrected chi connectivity index (χ2v) is 8.62. The Kier molecular flexibility index (Phi) is 4.69. The van der Waals surface area contributed by atoms with E-state index in [9.17, 15) is 4.79 Å². The predicted octanol–water partition coefficient (Wildman–Crippen LogP) is 6.73. The predicted molar refractivity (Wildman–Crippen MR) is 124 cm³/mol. The molecule has 0 fully saturated rings. The summed E-state index contributed by atoms with van der Waals surface area (Å²) >= 11 is 7.63. The smallest absolute Gasteiger partial charge is 0.256 e. The third kappa shape index (κ3) is 3.54. The van der Waals surface area contributed by atoms with Gasteiger partial charge in [0.25, 0.3) is 5.91 Å². The Morgan fingerprint density at radius 3 is 2.57 bits per heavy atom. The van der Waals surface area contributed by atoms with Crippen LogP contribution in [0.15, 0.2) is 72.8 Å². The highest BCUT2D eigenvalue weighted by Gasteiger charge is 2.15. The summed E-state index contributed by atoms with van der Waals surface area (Å²) in [4.78, 5) is 22.4. The van der Waals surface area contributed by atoms with Gasteiger partial charge in [-0.1, -0.05) is 41.9 Å². The minimum Gasteiger partial charge on any atom is -0.322 e. The number of aryl methyl sites for hydroxylation is 1. The molecule has 0 bridgehead atoms. The van der Waals surface area contributed by atoms with Crippen LogP contribution in [0.2, 0.25) is 5.02 Å². The zero-order valence-corrected chi connectivity index (χ0v) is 17.6. The molecule has 3 aromatic carbocycles. The van der Waals surface area contributed by atoms with E-state index in [1.165, 1.54) is 0 Å². The first kappa shape index (κ1) is 18.7. The molecule has 0 saturated heterocycles. The van der Waals surface area contributed by atoms with Crippen LogP contribution in [0.25, 0.3) is 32.4 Å². The minimum atomic E-state index is -0.176. The Bertz CT molecular complexity index is 1410. The highest BCUT2D eigenvalue weighted by atomic mass is 35.5. The standard InChI is InChI=1S/C24H16ClN3OS/c1-14-26-21-11-10-17(12-23(21)30-14)27-24(29)19-13-22(15-6-8-16(25)9-7-15)28-20-5-3-2-4-18(19)20/h2-13H,1H3,(H,27,29). The second kappa shape index (κ2) is 7.52. The van der Waals surface area contributed by atoms with Gasteiger partial charge in [0, 0.05) is 21.7 Å². The zero-order valence-electron chi connectivity index (χ0n) is 16.0. The average Bonchev–Trinajstić information content (AvgIpc) is 3.12. The number of hydrogen-bond acceptors (Lipinski definition) is 4. The van der Waals surface area contributed by atoms with E-state index < -0.39 is 0 Å². The fourth-order valence-corrected chi connectivity index (χ4v) is 4.44. The number of pyridine rings is 1. The Balaban J connectivity index is 1.57.